The predicted molar refractivity (Wildman–Crippen MR) is 120 cm³/mol. The van der Waals surface area contributed by atoms with Gasteiger partial charge in [-0.2, -0.15) is 0 Å². The van der Waals surface area contributed by atoms with Gasteiger partial charge in [0.25, 0.3) is 5.91 Å². The third kappa shape index (κ3) is 5.11. The van der Waals surface area contributed by atoms with Crippen molar-refractivity contribution in [2.75, 3.05) is 18.0 Å². The molecule has 2 aromatic carbocycles. The Morgan fingerprint density at radius 1 is 1.27 bits per heavy atom. The van der Waals surface area contributed by atoms with Gasteiger partial charge in [0.15, 0.2) is 0 Å². The summed E-state index contributed by atoms with van der Waals surface area (Å²) in [4.78, 5) is 18.5. The molecule has 2 heterocycles. The smallest absolute Gasteiger partial charge is 0.250 e. The summed E-state index contributed by atoms with van der Waals surface area (Å²) < 4.78 is 5.76. The van der Waals surface area contributed by atoms with Crippen molar-refractivity contribution in [1.82, 2.24) is 10.3 Å². The number of carbonyl (C=O) groups is 1. The lowest BCUT2D eigenvalue weighted by atomic mass is 10.1. The van der Waals surface area contributed by atoms with Crippen molar-refractivity contribution in [2.24, 2.45) is 5.73 Å². The first-order valence-corrected chi connectivity index (χ1v) is 11.0. The molecule has 1 saturated heterocycles. The molecule has 0 spiro atoms. The number of thiazole rings is 1. The molecular weight excluding hydrogens is 420 g/mol. The van der Waals surface area contributed by atoms with E-state index in [1.54, 1.807) is 29.5 Å². The highest BCUT2D eigenvalue weighted by atomic mass is 35.5. The van der Waals surface area contributed by atoms with Gasteiger partial charge in [0, 0.05) is 41.8 Å². The predicted octanol–water partition coefficient (Wildman–Crippen LogP) is 3.84. The normalized spacial score (nSPS) is 16.0. The Kier molecular flexibility index (Phi) is 6.52. The largest absolute Gasteiger partial charge is 0.486 e. The fourth-order valence-corrected chi connectivity index (χ4v) is 4.36. The van der Waals surface area contributed by atoms with Crippen molar-refractivity contribution in [3.8, 4) is 5.75 Å². The minimum absolute atomic E-state index is 0.335. The number of nitrogens with zero attached hydrogens (tertiary/aromatic N) is 2. The molecule has 0 aliphatic carbocycles. The number of hydrogen-bond acceptors (Lipinski definition) is 6. The van der Waals surface area contributed by atoms with Crippen molar-refractivity contribution < 1.29 is 9.53 Å². The van der Waals surface area contributed by atoms with Crippen molar-refractivity contribution in [3.63, 3.8) is 0 Å². The van der Waals surface area contributed by atoms with Gasteiger partial charge in [-0.3, -0.25) is 4.79 Å². The van der Waals surface area contributed by atoms with Crippen LogP contribution in [-0.4, -0.2) is 30.0 Å². The van der Waals surface area contributed by atoms with Gasteiger partial charge >= 0.3 is 0 Å². The quantitative estimate of drug-likeness (QED) is 0.554. The van der Waals surface area contributed by atoms with Crippen LogP contribution < -0.4 is 20.7 Å². The Balaban J connectivity index is 1.27. The number of amides is 1. The topological polar surface area (TPSA) is 80.5 Å². The highest BCUT2D eigenvalue weighted by molar-refractivity contribution is 7.09. The molecule has 3 aromatic rings. The fourth-order valence-electron chi connectivity index (χ4n) is 3.52. The van der Waals surface area contributed by atoms with Crippen molar-refractivity contribution in [1.29, 1.82) is 0 Å². The SMILES string of the molecule is NC(=O)c1ccccc1N1CCC(NCc2csc(COc3ccc(Cl)cc3)n2)C1. The van der Waals surface area contributed by atoms with Crippen LogP contribution in [0.5, 0.6) is 5.75 Å². The summed E-state index contributed by atoms with van der Waals surface area (Å²) in [5.41, 5.74) is 8.00. The number of anilines is 1. The number of aromatic nitrogens is 1. The molecule has 1 fully saturated rings. The van der Waals surface area contributed by atoms with Gasteiger partial charge in [-0.15, -0.1) is 11.3 Å². The van der Waals surface area contributed by atoms with Crippen LogP contribution in [0.4, 0.5) is 5.69 Å². The first-order chi connectivity index (χ1) is 14.6. The number of nitrogens with two attached hydrogens (primary N) is 1. The van der Waals surface area contributed by atoms with Gasteiger partial charge in [-0.1, -0.05) is 23.7 Å². The van der Waals surface area contributed by atoms with Gasteiger partial charge in [-0.25, -0.2) is 4.98 Å². The van der Waals surface area contributed by atoms with E-state index in [0.717, 1.165) is 41.6 Å². The summed E-state index contributed by atoms with van der Waals surface area (Å²) >= 11 is 7.48. The summed E-state index contributed by atoms with van der Waals surface area (Å²) in [7, 11) is 0. The van der Waals surface area contributed by atoms with Gasteiger partial charge in [0.05, 0.1) is 11.3 Å². The van der Waals surface area contributed by atoms with Crippen LogP contribution >= 0.6 is 22.9 Å². The van der Waals surface area contributed by atoms with Crippen molar-refractivity contribution in [2.45, 2.75) is 25.6 Å². The number of benzene rings is 2. The maximum Gasteiger partial charge on any atom is 0.250 e. The number of carbonyl (C=O) groups excluding carboxylic acids is 1. The van der Waals surface area contributed by atoms with Crippen LogP contribution in [-0.2, 0) is 13.2 Å². The Bertz CT molecular complexity index is 1010. The average molecular weight is 443 g/mol. The third-order valence-corrected chi connectivity index (χ3v) is 6.17. The van der Waals surface area contributed by atoms with Crippen molar-refractivity contribution in [3.05, 3.63) is 75.2 Å². The molecule has 4 rings (SSSR count). The van der Waals surface area contributed by atoms with Crippen LogP contribution in [0.2, 0.25) is 5.02 Å². The summed E-state index contributed by atoms with van der Waals surface area (Å²) in [6.45, 7) is 2.86. The molecule has 1 atom stereocenters. The molecule has 30 heavy (non-hydrogen) atoms. The van der Waals surface area contributed by atoms with Gasteiger partial charge in [-0.05, 0) is 42.8 Å². The zero-order chi connectivity index (χ0) is 20.9. The molecule has 0 radical (unpaired) electrons. The lowest BCUT2D eigenvalue weighted by Crippen LogP contribution is -2.32. The van der Waals surface area contributed by atoms with E-state index < -0.39 is 5.91 Å². The molecule has 0 bridgehead atoms. The van der Waals surface area contributed by atoms with E-state index in [4.69, 9.17) is 22.1 Å². The average Bonchev–Trinajstić information content (AvgIpc) is 3.41. The standard InChI is InChI=1S/C22H23ClN4O2S/c23-15-5-7-18(8-6-15)29-13-21-26-17(14-30-21)11-25-16-9-10-27(12-16)20-4-2-1-3-19(20)22(24)28/h1-8,14,16,25H,9-13H2,(H2,24,28). The fraction of sp³-hybridized carbons (Fsp3) is 0.273. The number of nitrogens with one attached hydrogen (secondary N) is 1. The Hall–Kier alpha value is -2.61. The highest BCUT2D eigenvalue weighted by Gasteiger charge is 2.25. The van der Waals surface area contributed by atoms with Crippen molar-refractivity contribution >= 4 is 34.5 Å². The van der Waals surface area contributed by atoms with E-state index in [0.29, 0.717) is 29.8 Å². The van der Waals surface area contributed by atoms with Crippen LogP contribution in [0.1, 0.15) is 27.5 Å². The van der Waals surface area contributed by atoms with E-state index >= 15 is 0 Å². The Morgan fingerprint density at radius 2 is 2.07 bits per heavy atom. The second-order valence-electron chi connectivity index (χ2n) is 7.17. The molecule has 8 heteroatoms. The molecule has 156 valence electrons. The summed E-state index contributed by atoms with van der Waals surface area (Å²) in [6, 6.07) is 15.2. The van der Waals surface area contributed by atoms with Crippen LogP contribution in [0, 0.1) is 0 Å². The maximum atomic E-state index is 11.7. The van der Waals surface area contributed by atoms with Gasteiger partial charge in [0.2, 0.25) is 0 Å². The van der Waals surface area contributed by atoms with Crippen LogP contribution in [0.15, 0.2) is 53.9 Å². The number of primary amides is 1. The Labute approximate surface area is 184 Å². The zero-order valence-electron chi connectivity index (χ0n) is 16.4. The molecule has 3 N–H and O–H groups in total. The van der Waals surface area contributed by atoms with E-state index in [1.807, 2.05) is 30.3 Å². The number of hydrogen-bond donors (Lipinski definition) is 2. The summed E-state index contributed by atoms with van der Waals surface area (Å²) in [5, 5.41) is 7.25. The first kappa shape index (κ1) is 20.7. The zero-order valence-corrected chi connectivity index (χ0v) is 18.0. The van der Waals surface area contributed by atoms with E-state index in [9.17, 15) is 4.79 Å². The van der Waals surface area contributed by atoms with Gasteiger partial charge in [0.1, 0.15) is 17.4 Å². The minimum atomic E-state index is -0.391. The molecular formula is C22H23ClN4O2S. The molecule has 6 nitrogen and oxygen atoms in total. The molecule has 0 saturated carbocycles. The molecule has 1 unspecified atom stereocenters. The first-order valence-electron chi connectivity index (χ1n) is 9.77. The Morgan fingerprint density at radius 3 is 2.87 bits per heavy atom. The number of ether oxygens (including phenoxy) is 1. The number of halogens is 1. The number of rotatable bonds is 8. The molecule has 1 aromatic heterocycles. The monoisotopic (exact) mass is 442 g/mol. The van der Waals surface area contributed by atoms with Crippen LogP contribution in [0.3, 0.4) is 0 Å². The minimum Gasteiger partial charge on any atom is -0.486 e. The molecule has 1 amide bonds. The molecule has 1 aliphatic heterocycles. The summed E-state index contributed by atoms with van der Waals surface area (Å²) in [5.74, 6) is 0.384. The second kappa shape index (κ2) is 9.47. The maximum absolute atomic E-state index is 11.7. The molecule has 1 aliphatic rings. The second-order valence-corrected chi connectivity index (χ2v) is 8.55. The lowest BCUT2D eigenvalue weighted by Gasteiger charge is -2.21. The highest BCUT2D eigenvalue weighted by Crippen LogP contribution is 2.25. The number of para-hydroxylation sites is 1. The van der Waals surface area contributed by atoms with E-state index in [-0.39, 0.29) is 0 Å². The third-order valence-electron chi connectivity index (χ3n) is 5.05. The van der Waals surface area contributed by atoms with E-state index in [1.165, 1.54) is 0 Å². The van der Waals surface area contributed by atoms with Crippen LogP contribution in [0.25, 0.3) is 0 Å². The lowest BCUT2D eigenvalue weighted by molar-refractivity contribution is 0.100. The summed E-state index contributed by atoms with van der Waals surface area (Å²) in [6.07, 6.45) is 1.00. The van der Waals surface area contributed by atoms with E-state index in [2.05, 4.69) is 20.6 Å². The van der Waals surface area contributed by atoms with Gasteiger partial charge < -0.3 is 20.7 Å².